The van der Waals surface area contributed by atoms with E-state index in [1.807, 2.05) is 56.3 Å². The number of aromatic nitrogens is 3. The standard InChI is InChI=1S/C18H23ClN6OS/c1-11(4-3-5-12(2)19)16-23-17(25-24-16)13-6-8-14(9-7-13)22-18(26)15(20)10-27-21/h3-10,12,18,22,26H,20-21H2,1-2H3,(H,23,24,25)/b5-3-,11-4+,15-10-. The van der Waals surface area contributed by atoms with Crippen LogP contribution in [0.3, 0.4) is 0 Å². The van der Waals surface area contributed by atoms with Crippen molar-refractivity contribution in [2.24, 2.45) is 10.9 Å². The Labute approximate surface area is 167 Å². The van der Waals surface area contributed by atoms with Gasteiger partial charge in [0.25, 0.3) is 0 Å². The summed E-state index contributed by atoms with van der Waals surface area (Å²) in [5, 5.41) is 27.9. The number of halogens is 1. The first-order chi connectivity index (χ1) is 12.9. The molecule has 2 unspecified atom stereocenters. The Morgan fingerprint density at radius 2 is 2.04 bits per heavy atom. The zero-order chi connectivity index (χ0) is 19.8. The molecule has 27 heavy (non-hydrogen) atoms. The highest BCUT2D eigenvalue weighted by molar-refractivity contribution is 8.00. The van der Waals surface area contributed by atoms with Crippen LogP contribution in [0.1, 0.15) is 19.7 Å². The maximum Gasteiger partial charge on any atom is 0.165 e. The summed E-state index contributed by atoms with van der Waals surface area (Å²) in [6.07, 6.45) is 4.69. The molecular formula is C18H23ClN6OS. The lowest BCUT2D eigenvalue weighted by atomic mass is 10.2. The summed E-state index contributed by atoms with van der Waals surface area (Å²) in [6, 6.07) is 7.37. The first-order valence-electron chi connectivity index (χ1n) is 8.19. The van der Waals surface area contributed by atoms with E-state index in [9.17, 15) is 5.11 Å². The molecule has 7 nitrogen and oxygen atoms in total. The van der Waals surface area contributed by atoms with Gasteiger partial charge in [-0.05, 0) is 43.7 Å². The van der Waals surface area contributed by atoms with Gasteiger partial charge in [-0.15, -0.1) is 21.8 Å². The Morgan fingerprint density at radius 1 is 1.33 bits per heavy atom. The molecular weight excluding hydrogens is 384 g/mol. The Hall–Kier alpha value is -2.26. The third kappa shape index (κ3) is 6.44. The summed E-state index contributed by atoms with van der Waals surface area (Å²) in [4.78, 5) is 3.19. The second kappa shape index (κ2) is 10.2. The molecule has 0 aliphatic rings. The van der Waals surface area contributed by atoms with E-state index in [0.717, 1.165) is 23.1 Å². The van der Waals surface area contributed by atoms with Crippen LogP contribution in [-0.4, -0.2) is 31.9 Å². The lowest BCUT2D eigenvalue weighted by Crippen LogP contribution is -2.26. The quantitative estimate of drug-likeness (QED) is 0.197. The van der Waals surface area contributed by atoms with Gasteiger partial charge in [-0.3, -0.25) is 5.14 Å². The van der Waals surface area contributed by atoms with Crippen LogP contribution in [0.25, 0.3) is 17.0 Å². The highest BCUT2D eigenvalue weighted by Gasteiger charge is 2.09. The van der Waals surface area contributed by atoms with E-state index >= 15 is 0 Å². The number of aliphatic hydroxyl groups is 1. The maximum atomic E-state index is 9.94. The number of aromatic amines is 1. The number of hydrogen-bond donors (Lipinski definition) is 5. The molecule has 0 fully saturated rings. The molecule has 0 aliphatic heterocycles. The minimum Gasteiger partial charge on any atom is -0.398 e. The predicted molar refractivity (Wildman–Crippen MR) is 114 cm³/mol. The summed E-state index contributed by atoms with van der Waals surface area (Å²) in [5.41, 5.74) is 8.45. The van der Waals surface area contributed by atoms with E-state index in [0.29, 0.717) is 17.3 Å². The largest absolute Gasteiger partial charge is 0.398 e. The lowest BCUT2D eigenvalue weighted by molar-refractivity contribution is 0.238. The van der Waals surface area contributed by atoms with E-state index in [1.54, 1.807) is 0 Å². The van der Waals surface area contributed by atoms with E-state index < -0.39 is 6.23 Å². The minimum absolute atomic E-state index is 0.0233. The van der Waals surface area contributed by atoms with Crippen molar-refractivity contribution in [3.8, 4) is 11.4 Å². The first-order valence-corrected chi connectivity index (χ1v) is 9.57. The number of rotatable bonds is 8. The Morgan fingerprint density at radius 3 is 2.67 bits per heavy atom. The number of benzene rings is 1. The predicted octanol–water partition coefficient (Wildman–Crippen LogP) is 3.20. The zero-order valence-corrected chi connectivity index (χ0v) is 16.6. The number of nitrogens with one attached hydrogen (secondary N) is 2. The van der Waals surface area contributed by atoms with Gasteiger partial charge in [-0.25, -0.2) is 0 Å². The molecule has 2 rings (SSSR count). The fraction of sp³-hybridized carbons (Fsp3) is 0.222. The Kier molecular flexibility index (Phi) is 7.93. The van der Waals surface area contributed by atoms with E-state index in [4.69, 9.17) is 22.5 Å². The fourth-order valence-corrected chi connectivity index (χ4v) is 2.48. The van der Waals surface area contributed by atoms with Gasteiger partial charge in [0.2, 0.25) is 0 Å². The molecule has 0 radical (unpaired) electrons. The van der Waals surface area contributed by atoms with E-state index in [-0.39, 0.29) is 11.1 Å². The summed E-state index contributed by atoms with van der Waals surface area (Å²) in [6.45, 7) is 3.84. The first kappa shape index (κ1) is 21.0. The summed E-state index contributed by atoms with van der Waals surface area (Å²) in [7, 11) is 0. The summed E-state index contributed by atoms with van der Waals surface area (Å²) >= 11 is 6.82. The molecule has 0 saturated heterocycles. The zero-order valence-electron chi connectivity index (χ0n) is 15.1. The van der Waals surface area contributed by atoms with Gasteiger partial charge in [-0.2, -0.15) is 0 Å². The van der Waals surface area contributed by atoms with Gasteiger partial charge in [0.05, 0.1) is 5.70 Å². The molecule has 0 spiro atoms. The van der Waals surface area contributed by atoms with Gasteiger partial charge in [0.15, 0.2) is 17.9 Å². The Balaban J connectivity index is 2.07. The molecule has 1 heterocycles. The summed E-state index contributed by atoms with van der Waals surface area (Å²) < 4.78 is 0. The number of nitrogens with zero attached hydrogens (tertiary/aromatic N) is 2. The second-order valence-electron chi connectivity index (χ2n) is 5.81. The smallest absolute Gasteiger partial charge is 0.165 e. The van der Waals surface area contributed by atoms with Crippen LogP contribution < -0.4 is 16.2 Å². The third-order valence-electron chi connectivity index (χ3n) is 3.56. The summed E-state index contributed by atoms with van der Waals surface area (Å²) in [5.74, 6) is 1.34. The third-order valence-corrected chi connectivity index (χ3v) is 4.12. The number of hydrogen-bond acceptors (Lipinski definition) is 7. The van der Waals surface area contributed by atoms with Crippen molar-refractivity contribution in [1.82, 2.24) is 15.2 Å². The fourth-order valence-electron chi connectivity index (χ4n) is 2.11. The van der Waals surface area contributed by atoms with Crippen molar-refractivity contribution in [3.05, 3.63) is 59.4 Å². The molecule has 1 aromatic heterocycles. The molecule has 144 valence electrons. The van der Waals surface area contributed by atoms with Gasteiger partial charge in [0, 0.05) is 22.0 Å². The van der Waals surface area contributed by atoms with Crippen LogP contribution >= 0.6 is 23.5 Å². The van der Waals surface area contributed by atoms with Crippen molar-refractivity contribution in [2.45, 2.75) is 25.5 Å². The molecule has 0 bridgehead atoms. The minimum atomic E-state index is -1.01. The van der Waals surface area contributed by atoms with Crippen LogP contribution in [0.4, 0.5) is 5.69 Å². The molecule has 2 atom stereocenters. The topological polar surface area (TPSA) is 126 Å². The molecule has 7 N–H and O–H groups in total. The number of anilines is 1. The number of aliphatic hydroxyl groups excluding tert-OH is 1. The molecule has 9 heteroatoms. The van der Waals surface area contributed by atoms with Crippen molar-refractivity contribution >= 4 is 34.8 Å². The van der Waals surface area contributed by atoms with Crippen molar-refractivity contribution < 1.29 is 5.11 Å². The lowest BCUT2D eigenvalue weighted by Gasteiger charge is -2.14. The van der Waals surface area contributed by atoms with Gasteiger partial charge >= 0.3 is 0 Å². The van der Waals surface area contributed by atoms with Crippen molar-refractivity contribution in [3.63, 3.8) is 0 Å². The highest BCUT2D eigenvalue weighted by atomic mass is 35.5. The van der Waals surface area contributed by atoms with Gasteiger partial charge < -0.3 is 21.1 Å². The highest BCUT2D eigenvalue weighted by Crippen LogP contribution is 2.20. The number of alkyl halides is 1. The van der Waals surface area contributed by atoms with E-state index in [2.05, 4.69) is 20.5 Å². The SMILES string of the molecule is C/C(=C\C=C/C(C)Cl)c1nnc(-c2ccc(NC(O)/C(N)=C/SN)cc2)[nH]1. The van der Waals surface area contributed by atoms with Crippen LogP contribution in [0, 0.1) is 0 Å². The van der Waals surface area contributed by atoms with E-state index in [1.165, 1.54) is 5.41 Å². The van der Waals surface area contributed by atoms with Gasteiger partial charge in [-0.1, -0.05) is 30.2 Å². The Bertz CT molecular complexity index is 829. The molecule has 1 aromatic carbocycles. The van der Waals surface area contributed by atoms with Crippen LogP contribution in [-0.2, 0) is 0 Å². The van der Waals surface area contributed by atoms with Crippen molar-refractivity contribution in [2.75, 3.05) is 5.32 Å². The monoisotopic (exact) mass is 406 g/mol. The molecule has 2 aromatic rings. The van der Waals surface area contributed by atoms with Crippen LogP contribution in [0.15, 0.2) is 53.6 Å². The van der Waals surface area contributed by atoms with Crippen molar-refractivity contribution in [1.29, 1.82) is 0 Å². The number of allylic oxidation sites excluding steroid dienone is 4. The number of nitrogens with two attached hydrogens (primary N) is 2. The normalized spacial score (nSPS) is 15.1. The average molecular weight is 407 g/mol. The second-order valence-corrected chi connectivity index (χ2v) is 7.01. The maximum absolute atomic E-state index is 9.94. The molecule has 0 amide bonds. The number of H-pyrrole nitrogens is 1. The van der Waals surface area contributed by atoms with Crippen LogP contribution in [0.2, 0.25) is 0 Å². The van der Waals surface area contributed by atoms with Gasteiger partial charge in [0.1, 0.15) is 0 Å². The van der Waals surface area contributed by atoms with Crippen LogP contribution in [0.5, 0.6) is 0 Å². The molecule has 0 saturated carbocycles. The average Bonchev–Trinajstić information content (AvgIpc) is 3.12. The molecule has 0 aliphatic carbocycles.